The fraction of sp³-hybridized carbons (Fsp3) is 0.200. The van der Waals surface area contributed by atoms with E-state index < -0.39 is 17.7 Å². The lowest BCUT2D eigenvalue weighted by Crippen LogP contribution is -2.26. The van der Waals surface area contributed by atoms with Gasteiger partial charge in [0.1, 0.15) is 17.5 Å². The van der Waals surface area contributed by atoms with Crippen molar-refractivity contribution in [3.8, 4) is 0 Å². The first-order valence-electron chi connectivity index (χ1n) is 6.13. The molecule has 1 nitrogen and oxygen atoms in total. The van der Waals surface area contributed by atoms with Crippen molar-refractivity contribution in [3.63, 3.8) is 0 Å². The van der Waals surface area contributed by atoms with E-state index in [9.17, 15) is 13.2 Å². The Balaban J connectivity index is 1.96. The first-order valence-corrected chi connectivity index (χ1v) is 7.12. The van der Waals surface area contributed by atoms with Crippen molar-refractivity contribution in [1.82, 2.24) is 0 Å². The Morgan fingerprint density at radius 2 is 1.50 bits per heavy atom. The van der Waals surface area contributed by atoms with Crippen LogP contribution >= 0.6 is 11.8 Å². The summed E-state index contributed by atoms with van der Waals surface area (Å²) in [5.41, 5.74) is 5.85. The molecule has 0 fully saturated rings. The van der Waals surface area contributed by atoms with Crippen molar-refractivity contribution in [2.75, 3.05) is 5.75 Å². The van der Waals surface area contributed by atoms with Gasteiger partial charge in [0.05, 0.1) is 0 Å². The van der Waals surface area contributed by atoms with E-state index in [-0.39, 0.29) is 17.8 Å². The molecule has 0 aliphatic carbocycles. The molecule has 2 rings (SSSR count). The summed E-state index contributed by atoms with van der Waals surface area (Å²) in [6, 6.07) is 9.62. The van der Waals surface area contributed by atoms with Gasteiger partial charge in [-0.1, -0.05) is 18.2 Å². The van der Waals surface area contributed by atoms with Crippen LogP contribution < -0.4 is 5.73 Å². The van der Waals surface area contributed by atoms with Gasteiger partial charge >= 0.3 is 0 Å². The number of halogens is 3. The van der Waals surface area contributed by atoms with Crippen molar-refractivity contribution in [2.24, 2.45) is 5.73 Å². The first-order chi connectivity index (χ1) is 9.58. The minimum atomic E-state index is -0.601. The van der Waals surface area contributed by atoms with Crippen molar-refractivity contribution < 1.29 is 13.2 Å². The van der Waals surface area contributed by atoms with Gasteiger partial charge in [-0.3, -0.25) is 0 Å². The maximum Gasteiger partial charge on any atom is 0.136 e. The van der Waals surface area contributed by atoms with Gasteiger partial charge < -0.3 is 5.73 Å². The smallest absolute Gasteiger partial charge is 0.136 e. The van der Waals surface area contributed by atoms with Gasteiger partial charge in [0.2, 0.25) is 0 Å². The SMILES string of the molecule is NC(CSc1ccccc1F)Cc1c(F)cccc1F. The third kappa shape index (κ3) is 3.77. The van der Waals surface area contributed by atoms with Gasteiger partial charge in [-0.25, -0.2) is 13.2 Å². The highest BCUT2D eigenvalue weighted by atomic mass is 32.2. The molecule has 2 N–H and O–H groups in total. The fourth-order valence-corrected chi connectivity index (χ4v) is 2.70. The zero-order valence-electron chi connectivity index (χ0n) is 10.7. The topological polar surface area (TPSA) is 26.0 Å². The molecule has 5 heteroatoms. The number of hydrogen-bond donors (Lipinski definition) is 1. The van der Waals surface area contributed by atoms with Crippen LogP contribution in [0.25, 0.3) is 0 Å². The maximum atomic E-state index is 13.5. The lowest BCUT2D eigenvalue weighted by Gasteiger charge is -2.13. The van der Waals surface area contributed by atoms with E-state index in [0.29, 0.717) is 10.6 Å². The minimum Gasteiger partial charge on any atom is -0.327 e. The van der Waals surface area contributed by atoms with Crippen molar-refractivity contribution in [2.45, 2.75) is 17.4 Å². The van der Waals surface area contributed by atoms with E-state index in [0.717, 1.165) is 0 Å². The maximum absolute atomic E-state index is 13.5. The van der Waals surface area contributed by atoms with Crippen molar-refractivity contribution in [3.05, 3.63) is 65.5 Å². The summed E-state index contributed by atoms with van der Waals surface area (Å²) >= 11 is 1.24. The number of rotatable bonds is 5. The van der Waals surface area contributed by atoms with Gasteiger partial charge in [0.15, 0.2) is 0 Å². The molecule has 0 amide bonds. The van der Waals surface area contributed by atoms with Crippen LogP contribution in [0.1, 0.15) is 5.56 Å². The highest BCUT2D eigenvalue weighted by molar-refractivity contribution is 7.99. The summed E-state index contributed by atoms with van der Waals surface area (Å²) in [7, 11) is 0. The molecule has 20 heavy (non-hydrogen) atoms. The van der Waals surface area contributed by atoms with Crippen LogP contribution in [-0.2, 0) is 6.42 Å². The molecule has 2 aromatic carbocycles. The Labute approximate surface area is 120 Å². The number of benzene rings is 2. The molecule has 0 saturated heterocycles. The molecule has 0 aromatic heterocycles. The standard InChI is InChI=1S/C15H14F3NS/c16-12-5-3-6-13(17)11(12)8-10(19)9-20-15-7-2-1-4-14(15)18/h1-7,10H,8-9,19H2. The quantitative estimate of drug-likeness (QED) is 0.850. The molecule has 0 bridgehead atoms. The van der Waals surface area contributed by atoms with Gasteiger partial charge in [-0.05, 0) is 30.7 Å². The molecule has 0 heterocycles. The molecule has 0 spiro atoms. The lowest BCUT2D eigenvalue weighted by atomic mass is 10.1. The second-order valence-electron chi connectivity index (χ2n) is 4.41. The molecule has 106 valence electrons. The first kappa shape index (κ1) is 14.9. The third-order valence-electron chi connectivity index (χ3n) is 2.82. The fourth-order valence-electron chi connectivity index (χ4n) is 1.81. The monoisotopic (exact) mass is 297 g/mol. The zero-order chi connectivity index (χ0) is 14.5. The van der Waals surface area contributed by atoms with Crippen molar-refractivity contribution in [1.29, 1.82) is 0 Å². The van der Waals surface area contributed by atoms with E-state index in [1.807, 2.05) is 0 Å². The van der Waals surface area contributed by atoms with E-state index in [2.05, 4.69) is 0 Å². The summed E-state index contributed by atoms with van der Waals surface area (Å²) in [5.74, 6) is -1.14. The predicted molar refractivity (Wildman–Crippen MR) is 75.2 cm³/mol. The van der Waals surface area contributed by atoms with Crippen LogP contribution in [0.15, 0.2) is 47.4 Å². The summed E-state index contributed by atoms with van der Waals surface area (Å²) in [6.45, 7) is 0. The summed E-state index contributed by atoms with van der Waals surface area (Å²) in [4.78, 5) is 0.483. The summed E-state index contributed by atoms with van der Waals surface area (Å²) < 4.78 is 40.4. The van der Waals surface area contributed by atoms with Crippen LogP contribution in [0, 0.1) is 17.5 Å². The second kappa shape index (κ2) is 6.81. The normalized spacial score (nSPS) is 12.4. The average Bonchev–Trinajstić information content (AvgIpc) is 2.42. The predicted octanol–water partition coefficient (Wildman–Crippen LogP) is 3.77. The van der Waals surface area contributed by atoms with Gasteiger partial charge in [0.25, 0.3) is 0 Å². The number of nitrogens with two attached hydrogens (primary N) is 1. The Morgan fingerprint density at radius 3 is 2.15 bits per heavy atom. The summed E-state index contributed by atoms with van der Waals surface area (Å²) in [6.07, 6.45) is 0.0833. The van der Waals surface area contributed by atoms with Crippen molar-refractivity contribution >= 4 is 11.8 Å². The lowest BCUT2D eigenvalue weighted by molar-refractivity contribution is 0.543. The number of thioether (sulfide) groups is 1. The third-order valence-corrected chi connectivity index (χ3v) is 4.05. The Morgan fingerprint density at radius 1 is 0.900 bits per heavy atom. The minimum absolute atomic E-state index is 0.0193. The average molecular weight is 297 g/mol. The van der Waals surface area contributed by atoms with E-state index in [1.54, 1.807) is 18.2 Å². The Bertz CT molecular complexity index is 569. The molecule has 0 aliphatic heterocycles. The van der Waals surface area contributed by atoms with Crippen LogP contribution in [0.5, 0.6) is 0 Å². The van der Waals surface area contributed by atoms with Crippen LogP contribution in [0.2, 0.25) is 0 Å². The van der Waals surface area contributed by atoms with E-state index in [4.69, 9.17) is 5.73 Å². The second-order valence-corrected chi connectivity index (χ2v) is 5.47. The molecule has 0 aliphatic rings. The molecular weight excluding hydrogens is 283 g/mol. The van der Waals surface area contributed by atoms with Crippen LogP contribution in [-0.4, -0.2) is 11.8 Å². The molecule has 1 atom stereocenters. The molecule has 1 unspecified atom stereocenters. The molecule has 0 radical (unpaired) electrons. The Kier molecular flexibility index (Phi) is 5.09. The van der Waals surface area contributed by atoms with Crippen LogP contribution in [0.3, 0.4) is 0 Å². The highest BCUT2D eigenvalue weighted by Crippen LogP contribution is 2.23. The van der Waals surface area contributed by atoms with E-state index in [1.165, 1.54) is 36.0 Å². The van der Waals surface area contributed by atoms with E-state index >= 15 is 0 Å². The molecule has 2 aromatic rings. The number of hydrogen-bond acceptors (Lipinski definition) is 2. The summed E-state index contributed by atoms with van der Waals surface area (Å²) in [5, 5.41) is 0. The van der Waals surface area contributed by atoms with Gasteiger partial charge in [0, 0.05) is 22.3 Å². The van der Waals surface area contributed by atoms with Gasteiger partial charge in [-0.2, -0.15) is 0 Å². The zero-order valence-corrected chi connectivity index (χ0v) is 11.5. The highest BCUT2D eigenvalue weighted by Gasteiger charge is 2.13. The molecular formula is C15H14F3NS. The largest absolute Gasteiger partial charge is 0.327 e. The molecule has 0 saturated carbocycles. The van der Waals surface area contributed by atoms with Crippen LogP contribution in [0.4, 0.5) is 13.2 Å². The Hall–Kier alpha value is -1.46. The van der Waals surface area contributed by atoms with Gasteiger partial charge in [-0.15, -0.1) is 11.8 Å².